The fourth-order valence-electron chi connectivity index (χ4n) is 6.61. The lowest BCUT2D eigenvalue weighted by atomic mass is 9.87. The van der Waals surface area contributed by atoms with Crippen LogP contribution in [-0.2, 0) is 22.4 Å². The Morgan fingerprint density at radius 3 is 2.55 bits per heavy atom. The van der Waals surface area contributed by atoms with Gasteiger partial charge in [-0.1, -0.05) is 60.9 Å². The van der Waals surface area contributed by atoms with Crippen molar-refractivity contribution >= 4 is 31.9 Å². The maximum absolute atomic E-state index is 13.2. The molecule has 1 aliphatic carbocycles. The Morgan fingerprint density at radius 2 is 1.88 bits per heavy atom. The monoisotopic (exact) mass is 691 g/mol. The number of aliphatic hydroxyl groups is 1. The minimum atomic E-state index is -1.76. The quantitative estimate of drug-likeness (QED) is 0.0808. The van der Waals surface area contributed by atoms with Gasteiger partial charge in [0.1, 0.15) is 11.8 Å². The van der Waals surface area contributed by atoms with Crippen molar-refractivity contribution in [2.75, 3.05) is 13.6 Å². The number of aliphatic carboxylic acids is 1. The van der Waals surface area contributed by atoms with E-state index in [0.717, 1.165) is 48.5 Å². The van der Waals surface area contributed by atoms with Crippen molar-refractivity contribution in [3.63, 3.8) is 0 Å². The number of carbonyl (C=O) groups excluding carboxylic acids is 2. The van der Waals surface area contributed by atoms with Crippen molar-refractivity contribution in [1.29, 1.82) is 0 Å². The highest BCUT2D eigenvalue weighted by atomic mass is 31.1. The van der Waals surface area contributed by atoms with Gasteiger partial charge in [-0.05, 0) is 93.8 Å². The number of aromatic nitrogens is 3. The maximum Gasteiger partial charge on any atom is 0.314 e. The summed E-state index contributed by atoms with van der Waals surface area (Å²) in [6.45, 7) is 4.11. The number of allylic oxidation sites excluding steroid dienone is 1. The van der Waals surface area contributed by atoms with Crippen molar-refractivity contribution in [2.45, 2.75) is 102 Å². The molecule has 0 spiro atoms. The first-order chi connectivity index (χ1) is 23.6. The molecule has 1 fully saturated rings. The normalized spacial score (nSPS) is 16.2. The molecule has 1 aliphatic rings. The molecule has 5 N–H and O–H groups in total. The van der Waals surface area contributed by atoms with E-state index in [2.05, 4.69) is 20.9 Å². The van der Waals surface area contributed by atoms with Gasteiger partial charge in [0.25, 0.3) is 5.91 Å². The largest absolute Gasteiger partial charge is 0.507 e. The van der Waals surface area contributed by atoms with E-state index in [4.69, 9.17) is 0 Å². The van der Waals surface area contributed by atoms with Gasteiger partial charge in [0.15, 0.2) is 0 Å². The minimum absolute atomic E-state index is 0.0217. The number of carbonyl (C=O) groups is 3. The Hall–Kier alpha value is -3.92. The third-order valence-electron chi connectivity index (χ3n) is 9.43. The van der Waals surface area contributed by atoms with Crippen LogP contribution in [0, 0.1) is 13.8 Å². The molecule has 1 heterocycles. The lowest BCUT2D eigenvalue weighted by molar-refractivity contribution is -0.140. The molecule has 264 valence electrons. The van der Waals surface area contributed by atoms with Gasteiger partial charge >= 0.3 is 5.97 Å². The summed E-state index contributed by atoms with van der Waals surface area (Å²) in [5.41, 5.74) is 4.47. The molecule has 1 unspecified atom stereocenters. The number of phenolic OH excluding ortho intramolecular Hbond substituents is 1. The van der Waals surface area contributed by atoms with E-state index in [-0.39, 0.29) is 43.7 Å². The molecule has 0 bridgehead atoms. The highest BCUT2D eigenvalue weighted by molar-refractivity contribution is 7.73. The molecule has 2 aromatic carbocycles. The summed E-state index contributed by atoms with van der Waals surface area (Å²) >= 11 is 0. The molecule has 1 saturated carbocycles. The van der Waals surface area contributed by atoms with E-state index in [1.807, 2.05) is 49.7 Å². The molecule has 11 nitrogen and oxygen atoms in total. The number of nitrogens with one attached hydrogen (secondary N) is 2. The molecule has 3 aromatic rings. The predicted octanol–water partition coefficient (Wildman–Crippen LogP) is 5.89. The summed E-state index contributed by atoms with van der Waals surface area (Å²) in [5.74, 6) is -0.967. The van der Waals surface area contributed by atoms with Crippen LogP contribution in [0.5, 0.6) is 5.75 Å². The average molecular weight is 692 g/mol. The highest BCUT2D eigenvalue weighted by Crippen LogP contribution is 2.54. The Bertz CT molecular complexity index is 1580. The number of aliphatic hydroxyl groups excluding tert-OH is 1. The molecule has 0 saturated heterocycles. The van der Waals surface area contributed by atoms with Crippen molar-refractivity contribution in [3.8, 4) is 5.75 Å². The summed E-state index contributed by atoms with van der Waals surface area (Å²) < 4.78 is 1.63. The molecule has 49 heavy (non-hydrogen) atoms. The molecule has 12 heteroatoms. The van der Waals surface area contributed by atoms with Gasteiger partial charge in [-0.3, -0.25) is 14.4 Å². The van der Waals surface area contributed by atoms with Gasteiger partial charge in [-0.15, -0.1) is 5.10 Å². The zero-order valence-corrected chi connectivity index (χ0v) is 29.7. The maximum atomic E-state index is 13.2. The molecule has 1 aromatic heterocycles. The number of rotatable bonds is 18. The number of phenols is 1. The second kappa shape index (κ2) is 18.2. The van der Waals surface area contributed by atoms with Gasteiger partial charge in [0, 0.05) is 38.7 Å². The zero-order chi connectivity index (χ0) is 35.4. The SMILES string of the molecule is CNCc1cccc(/C=C/C[C@@](CCCC(O)CNC(=O)c2cc(C)c(O)c(C)c2)(C(=O)O)[P@](C=O)Cn2cc(C3CCCCC3)nn2)c1. The summed E-state index contributed by atoms with van der Waals surface area (Å²) in [6.07, 6.45) is 11.3. The first-order valence-electron chi connectivity index (χ1n) is 17.1. The van der Waals surface area contributed by atoms with Gasteiger partial charge < -0.3 is 26.0 Å². The molecule has 4 rings (SSSR count). The second-order valence-electron chi connectivity index (χ2n) is 13.2. The summed E-state index contributed by atoms with van der Waals surface area (Å²) in [5, 5.41) is 44.8. The van der Waals surface area contributed by atoms with Crippen LogP contribution in [0.15, 0.2) is 48.7 Å². The number of hydrogen-bond acceptors (Lipinski definition) is 8. The topological polar surface area (TPSA) is 167 Å². The van der Waals surface area contributed by atoms with Gasteiger partial charge in [-0.2, -0.15) is 0 Å². The van der Waals surface area contributed by atoms with Gasteiger partial charge in [-0.25, -0.2) is 4.68 Å². The van der Waals surface area contributed by atoms with Crippen LogP contribution in [-0.4, -0.2) is 73.1 Å². The molecule has 3 atom stereocenters. The van der Waals surface area contributed by atoms with Crippen molar-refractivity contribution in [1.82, 2.24) is 25.6 Å². The van der Waals surface area contributed by atoms with Crippen LogP contribution in [0.3, 0.4) is 0 Å². The van der Waals surface area contributed by atoms with Crippen LogP contribution >= 0.6 is 7.92 Å². The average Bonchev–Trinajstić information content (AvgIpc) is 3.57. The highest BCUT2D eigenvalue weighted by Gasteiger charge is 2.45. The lowest BCUT2D eigenvalue weighted by Crippen LogP contribution is -2.38. The Kier molecular flexibility index (Phi) is 14.1. The number of carboxylic acids is 1. The molecule has 0 radical (unpaired) electrons. The fraction of sp³-hybridized carbons (Fsp3) is 0.486. The number of nitrogens with zero attached hydrogens (tertiary/aromatic N) is 3. The number of aryl methyl sites for hydroxylation is 2. The lowest BCUT2D eigenvalue weighted by Gasteiger charge is -2.34. The third kappa shape index (κ3) is 10.3. The number of benzene rings is 2. The smallest absolute Gasteiger partial charge is 0.314 e. The van der Waals surface area contributed by atoms with Crippen LogP contribution in [0.4, 0.5) is 0 Å². The Morgan fingerprint density at radius 1 is 1.14 bits per heavy atom. The molecular formula is C37H50N5O6P. The van der Waals surface area contributed by atoms with Crippen molar-refractivity contribution in [3.05, 3.63) is 82.2 Å². The van der Waals surface area contributed by atoms with Crippen LogP contribution in [0.2, 0.25) is 0 Å². The summed E-state index contributed by atoms with van der Waals surface area (Å²) in [6, 6.07) is 11.9. The van der Waals surface area contributed by atoms with E-state index in [1.54, 1.807) is 30.7 Å². The van der Waals surface area contributed by atoms with E-state index in [9.17, 15) is 29.7 Å². The summed E-state index contributed by atoms with van der Waals surface area (Å²) in [4.78, 5) is 38.7. The predicted molar refractivity (Wildman–Crippen MR) is 193 cm³/mol. The third-order valence-corrected chi connectivity index (χ3v) is 12.0. The molecule has 1 amide bonds. The Balaban J connectivity index is 1.48. The van der Waals surface area contributed by atoms with E-state index in [1.165, 1.54) is 6.42 Å². The number of amides is 1. The van der Waals surface area contributed by atoms with E-state index in [0.29, 0.717) is 35.6 Å². The van der Waals surface area contributed by atoms with Gasteiger partial charge in [0.05, 0.1) is 23.2 Å². The fourth-order valence-corrected chi connectivity index (χ4v) is 8.63. The van der Waals surface area contributed by atoms with E-state index >= 15 is 0 Å². The van der Waals surface area contributed by atoms with Gasteiger partial charge in [0.2, 0.25) is 0 Å². The first-order valence-corrected chi connectivity index (χ1v) is 18.7. The van der Waals surface area contributed by atoms with Crippen LogP contribution in [0.25, 0.3) is 6.08 Å². The standard InChI is InChI=1S/C37H50N5O6P/c1-26-18-31(19-27(2)34(26)45)35(46)39-22-32(44)15-9-17-37(36(47)48,16-8-12-28-10-7-11-29(20-28)21-38-3)49(25-43)24-42-23-33(40-41-42)30-13-5-4-6-14-30/h7-8,10-12,18-20,23,25,30,32,38,44-45H,4-6,9,13-17,21-22,24H2,1-3H3,(H,39,46)(H,47,48)/b12-8+/t32?,37-,49+/m1/s1. The van der Waals surface area contributed by atoms with Crippen molar-refractivity contribution in [2.24, 2.45) is 0 Å². The second-order valence-corrected chi connectivity index (χ2v) is 15.5. The van der Waals surface area contributed by atoms with E-state index < -0.39 is 25.2 Å². The van der Waals surface area contributed by atoms with Crippen LogP contribution in [0.1, 0.15) is 102 Å². The van der Waals surface area contributed by atoms with Crippen LogP contribution < -0.4 is 10.6 Å². The minimum Gasteiger partial charge on any atom is -0.507 e. The zero-order valence-electron chi connectivity index (χ0n) is 28.8. The first kappa shape index (κ1) is 37.9. The Labute approximate surface area is 290 Å². The number of aromatic hydroxyl groups is 1. The summed E-state index contributed by atoms with van der Waals surface area (Å²) in [7, 11) is 0.116. The number of hydrogen-bond donors (Lipinski definition) is 5. The number of carboxylic acid groups (broad SMARTS) is 1. The van der Waals surface area contributed by atoms with Crippen molar-refractivity contribution < 1.29 is 29.7 Å². The molecular weight excluding hydrogens is 641 g/mol. The molecule has 0 aliphatic heterocycles.